The van der Waals surface area contributed by atoms with Gasteiger partial charge in [-0.3, -0.25) is 0 Å². The molecule has 5 rings (SSSR count). The van der Waals surface area contributed by atoms with Crippen LogP contribution in [0.5, 0.6) is 0 Å². The van der Waals surface area contributed by atoms with E-state index in [0.29, 0.717) is 29.8 Å². The summed E-state index contributed by atoms with van der Waals surface area (Å²) in [6.45, 7) is 3.09. The van der Waals surface area contributed by atoms with Gasteiger partial charge >= 0.3 is 11.9 Å². The van der Waals surface area contributed by atoms with Crippen molar-refractivity contribution in [2.75, 3.05) is 13.2 Å². The molecule has 4 aliphatic carbocycles. The molecule has 4 aliphatic rings. The fourth-order valence-corrected chi connectivity index (χ4v) is 7.35. The lowest BCUT2D eigenvalue weighted by atomic mass is 9.49. The molecule has 4 bridgehead atoms. The van der Waals surface area contributed by atoms with Crippen molar-refractivity contribution in [3.05, 3.63) is 35.4 Å². The van der Waals surface area contributed by atoms with Gasteiger partial charge in [-0.1, -0.05) is 64.0 Å². The maximum Gasteiger partial charge on any atom is 0.339 e. The number of unbranched alkanes of at least 4 members (excludes halogenated alkanes) is 7. The van der Waals surface area contributed by atoms with Gasteiger partial charge in [-0.05, 0) is 86.7 Å². The van der Waals surface area contributed by atoms with E-state index >= 15 is 0 Å². The van der Waals surface area contributed by atoms with Crippen molar-refractivity contribution in [3.63, 3.8) is 0 Å². The van der Waals surface area contributed by atoms with Crippen molar-refractivity contribution in [1.82, 2.24) is 0 Å². The van der Waals surface area contributed by atoms with Gasteiger partial charge in [-0.15, -0.1) is 0 Å². The molecule has 34 heavy (non-hydrogen) atoms. The van der Waals surface area contributed by atoms with Crippen LogP contribution in [-0.4, -0.2) is 25.2 Å². The molecule has 0 aromatic heterocycles. The number of carbonyl (C=O) groups excluding carboxylic acids is 2. The minimum atomic E-state index is -0.420. The Bertz CT molecular complexity index is 778. The summed E-state index contributed by atoms with van der Waals surface area (Å²) >= 11 is 0. The zero-order valence-electron chi connectivity index (χ0n) is 21.2. The standard InChI is InChI=1S/C30H44O4/c1-2-3-4-5-6-7-8-11-15-33-28(31)26-12-9-10-13-27(26)29(32)34-16-14-30-20-23-17-24(21-30)19-25(18-23)22-30/h9-10,12-13,23-25H,2-8,11,14-22H2,1H3. The highest BCUT2D eigenvalue weighted by Crippen LogP contribution is 2.61. The SMILES string of the molecule is CCCCCCCCCCOC(=O)c1ccccc1C(=O)OCCC12CC3CC(CC(C3)C1)C2. The van der Waals surface area contributed by atoms with Crippen LogP contribution in [0.25, 0.3) is 0 Å². The Hall–Kier alpha value is -1.84. The Morgan fingerprint density at radius 3 is 1.74 bits per heavy atom. The fraction of sp³-hybridized carbons (Fsp3) is 0.733. The molecule has 1 aromatic rings. The van der Waals surface area contributed by atoms with Gasteiger partial charge in [0.15, 0.2) is 0 Å². The second-order valence-electron chi connectivity index (χ2n) is 11.5. The molecule has 4 heteroatoms. The van der Waals surface area contributed by atoms with Gasteiger partial charge < -0.3 is 9.47 Å². The number of esters is 2. The Balaban J connectivity index is 1.19. The minimum Gasteiger partial charge on any atom is -0.462 e. The van der Waals surface area contributed by atoms with Crippen LogP contribution in [0.4, 0.5) is 0 Å². The lowest BCUT2D eigenvalue weighted by Gasteiger charge is -2.57. The van der Waals surface area contributed by atoms with Crippen molar-refractivity contribution in [1.29, 1.82) is 0 Å². The largest absolute Gasteiger partial charge is 0.462 e. The average molecular weight is 469 g/mol. The lowest BCUT2D eigenvalue weighted by molar-refractivity contribution is -0.0653. The highest BCUT2D eigenvalue weighted by Gasteiger charge is 2.50. The monoisotopic (exact) mass is 468 g/mol. The molecule has 1 aromatic carbocycles. The zero-order chi connectivity index (χ0) is 23.8. The first-order valence-electron chi connectivity index (χ1n) is 14.0. The summed E-state index contributed by atoms with van der Waals surface area (Å²) in [5.41, 5.74) is 1.04. The van der Waals surface area contributed by atoms with E-state index in [0.717, 1.165) is 37.0 Å². The third-order valence-electron chi connectivity index (χ3n) is 8.63. The normalized spacial score (nSPS) is 27.0. The molecule has 4 fully saturated rings. The number of ether oxygens (including phenoxy) is 2. The van der Waals surface area contributed by atoms with E-state index in [4.69, 9.17) is 9.47 Å². The van der Waals surface area contributed by atoms with E-state index in [1.807, 2.05) is 0 Å². The van der Waals surface area contributed by atoms with E-state index in [1.54, 1.807) is 24.3 Å². The smallest absolute Gasteiger partial charge is 0.339 e. The summed E-state index contributed by atoms with van der Waals surface area (Å²) in [5.74, 6) is 1.89. The van der Waals surface area contributed by atoms with E-state index in [1.165, 1.54) is 77.0 Å². The van der Waals surface area contributed by atoms with E-state index in [-0.39, 0.29) is 0 Å². The molecule has 188 valence electrons. The summed E-state index contributed by atoms with van der Waals surface area (Å²) in [7, 11) is 0. The summed E-state index contributed by atoms with van der Waals surface area (Å²) in [6, 6.07) is 6.91. The van der Waals surface area contributed by atoms with Crippen LogP contribution in [0.3, 0.4) is 0 Å². The molecule has 0 spiro atoms. The van der Waals surface area contributed by atoms with E-state index < -0.39 is 11.9 Å². The van der Waals surface area contributed by atoms with Gasteiger partial charge in [0.2, 0.25) is 0 Å². The molecule has 0 unspecified atom stereocenters. The highest BCUT2D eigenvalue weighted by atomic mass is 16.5. The van der Waals surface area contributed by atoms with Crippen LogP contribution in [0.1, 0.15) is 124 Å². The van der Waals surface area contributed by atoms with Crippen LogP contribution >= 0.6 is 0 Å². The van der Waals surface area contributed by atoms with Crippen LogP contribution in [0.15, 0.2) is 24.3 Å². The van der Waals surface area contributed by atoms with Crippen LogP contribution in [0, 0.1) is 23.2 Å². The second kappa shape index (κ2) is 12.2. The lowest BCUT2D eigenvalue weighted by Crippen LogP contribution is -2.46. The molecular formula is C30H44O4. The number of hydrogen-bond donors (Lipinski definition) is 0. The Morgan fingerprint density at radius 1 is 0.735 bits per heavy atom. The molecule has 0 atom stereocenters. The van der Waals surface area contributed by atoms with Gasteiger partial charge in [0.25, 0.3) is 0 Å². The van der Waals surface area contributed by atoms with Crippen LogP contribution in [0.2, 0.25) is 0 Å². The van der Waals surface area contributed by atoms with Gasteiger partial charge in [0, 0.05) is 0 Å². The predicted molar refractivity (Wildman–Crippen MR) is 135 cm³/mol. The van der Waals surface area contributed by atoms with Crippen LogP contribution < -0.4 is 0 Å². The molecule has 0 radical (unpaired) electrons. The summed E-state index contributed by atoms with van der Waals surface area (Å²) in [6.07, 6.45) is 18.8. The minimum absolute atomic E-state index is 0.321. The zero-order valence-corrected chi connectivity index (χ0v) is 21.2. The van der Waals surface area contributed by atoms with Crippen LogP contribution in [-0.2, 0) is 9.47 Å². The van der Waals surface area contributed by atoms with Crippen molar-refractivity contribution < 1.29 is 19.1 Å². The Kier molecular flexibility index (Phi) is 9.08. The first-order chi connectivity index (χ1) is 16.6. The third-order valence-corrected chi connectivity index (χ3v) is 8.63. The number of carbonyl (C=O) groups is 2. The Labute approximate surface area is 206 Å². The third kappa shape index (κ3) is 6.64. The van der Waals surface area contributed by atoms with Gasteiger partial charge in [0.05, 0.1) is 24.3 Å². The Morgan fingerprint density at radius 2 is 1.21 bits per heavy atom. The van der Waals surface area contributed by atoms with E-state index in [2.05, 4.69) is 6.92 Å². The number of rotatable bonds is 14. The summed E-state index contributed by atoms with van der Waals surface area (Å²) in [5, 5.41) is 0. The molecule has 0 saturated heterocycles. The first kappa shape index (κ1) is 25.3. The van der Waals surface area contributed by atoms with Gasteiger partial charge in [0.1, 0.15) is 0 Å². The molecular weight excluding hydrogens is 424 g/mol. The number of benzene rings is 1. The molecule has 0 aliphatic heterocycles. The molecule has 4 nitrogen and oxygen atoms in total. The van der Waals surface area contributed by atoms with Crippen molar-refractivity contribution >= 4 is 11.9 Å². The highest BCUT2D eigenvalue weighted by molar-refractivity contribution is 6.03. The van der Waals surface area contributed by atoms with Crippen molar-refractivity contribution in [2.45, 2.75) is 103 Å². The van der Waals surface area contributed by atoms with Crippen molar-refractivity contribution in [2.24, 2.45) is 23.2 Å². The van der Waals surface area contributed by atoms with Gasteiger partial charge in [-0.25, -0.2) is 9.59 Å². The quantitative estimate of drug-likeness (QED) is 0.207. The molecule has 4 saturated carbocycles. The maximum atomic E-state index is 12.8. The predicted octanol–water partition coefficient (Wildman–Crippen LogP) is 7.75. The molecule has 0 amide bonds. The molecule has 0 N–H and O–H groups in total. The topological polar surface area (TPSA) is 52.6 Å². The summed E-state index contributed by atoms with van der Waals surface area (Å²) < 4.78 is 11.2. The van der Waals surface area contributed by atoms with Gasteiger partial charge in [-0.2, -0.15) is 0 Å². The second-order valence-corrected chi connectivity index (χ2v) is 11.5. The van der Waals surface area contributed by atoms with Crippen molar-refractivity contribution in [3.8, 4) is 0 Å². The van der Waals surface area contributed by atoms with E-state index in [9.17, 15) is 9.59 Å². The maximum absolute atomic E-state index is 12.8. The number of hydrogen-bond acceptors (Lipinski definition) is 4. The summed E-state index contributed by atoms with van der Waals surface area (Å²) in [4.78, 5) is 25.5. The fourth-order valence-electron chi connectivity index (χ4n) is 7.35. The average Bonchev–Trinajstić information content (AvgIpc) is 2.82. The molecule has 0 heterocycles. The first-order valence-corrected chi connectivity index (χ1v) is 14.0.